The number of aliphatic hydroxyl groups is 1. The Bertz CT molecular complexity index is 695. The molecule has 2 atom stereocenters. The van der Waals surface area contributed by atoms with Gasteiger partial charge in [0.25, 0.3) is 0 Å². The molecule has 6 heteroatoms. The van der Waals surface area contributed by atoms with Crippen molar-refractivity contribution in [2.24, 2.45) is 5.92 Å². The van der Waals surface area contributed by atoms with Crippen LogP contribution >= 0.6 is 0 Å². The fourth-order valence-electron chi connectivity index (χ4n) is 3.05. The maximum absolute atomic E-state index is 12.1. The predicted octanol–water partition coefficient (Wildman–Crippen LogP) is 3.23. The van der Waals surface area contributed by atoms with Crippen LogP contribution < -0.4 is 10.6 Å². The number of nitrogens with zero attached hydrogens (tertiary/aromatic N) is 1. The first-order chi connectivity index (χ1) is 11.1. The average Bonchev–Trinajstić information content (AvgIpc) is 3.12. The van der Waals surface area contributed by atoms with Gasteiger partial charge in [-0.3, -0.25) is 0 Å². The Labute approximate surface area is 135 Å². The smallest absolute Gasteiger partial charge is 0.319 e. The van der Waals surface area contributed by atoms with Gasteiger partial charge in [0.05, 0.1) is 0 Å². The normalized spacial score (nSPS) is 21.0. The third-order valence-electron chi connectivity index (χ3n) is 4.37. The summed E-state index contributed by atoms with van der Waals surface area (Å²) in [7, 11) is 0. The van der Waals surface area contributed by atoms with Crippen molar-refractivity contribution in [1.29, 1.82) is 0 Å². The number of fused-ring (bicyclic) bond motifs is 1. The predicted molar refractivity (Wildman–Crippen MR) is 88.5 cm³/mol. The van der Waals surface area contributed by atoms with Gasteiger partial charge in [-0.05, 0) is 31.0 Å². The summed E-state index contributed by atoms with van der Waals surface area (Å²) in [4.78, 5) is 16.6. The molecule has 1 aromatic carbocycles. The van der Waals surface area contributed by atoms with E-state index in [1.807, 2.05) is 26.0 Å². The van der Waals surface area contributed by atoms with Crippen LogP contribution in [0.15, 0.2) is 22.6 Å². The van der Waals surface area contributed by atoms with Crippen LogP contribution in [0, 0.1) is 5.92 Å². The summed E-state index contributed by atoms with van der Waals surface area (Å²) < 4.78 is 5.66. The second-order valence-electron chi connectivity index (χ2n) is 6.47. The lowest BCUT2D eigenvalue weighted by Crippen LogP contribution is -2.41. The van der Waals surface area contributed by atoms with Gasteiger partial charge in [0.15, 0.2) is 11.5 Å². The topological polar surface area (TPSA) is 87.4 Å². The molecular weight excluding hydrogens is 294 g/mol. The fourth-order valence-corrected chi connectivity index (χ4v) is 3.05. The first-order valence-electron chi connectivity index (χ1n) is 8.15. The molecule has 1 heterocycles. The highest BCUT2D eigenvalue weighted by Gasteiger charge is 2.27. The first-order valence-corrected chi connectivity index (χ1v) is 8.15. The van der Waals surface area contributed by atoms with E-state index in [2.05, 4.69) is 15.6 Å². The molecule has 1 aromatic heterocycles. The summed E-state index contributed by atoms with van der Waals surface area (Å²) in [5.41, 5.74) is 2.13. The SMILES string of the molecule is CC(C)c1nc2cc(NC(=O)N[C@@H]3CCC[C@H]3CO)ccc2o1. The van der Waals surface area contributed by atoms with Crippen LogP contribution in [-0.2, 0) is 0 Å². The highest BCUT2D eigenvalue weighted by molar-refractivity contribution is 5.91. The molecule has 0 aliphatic heterocycles. The van der Waals surface area contributed by atoms with Gasteiger partial charge < -0.3 is 20.2 Å². The Morgan fingerprint density at radius 2 is 2.26 bits per heavy atom. The van der Waals surface area contributed by atoms with Gasteiger partial charge >= 0.3 is 6.03 Å². The second-order valence-corrected chi connectivity index (χ2v) is 6.47. The molecule has 124 valence electrons. The molecular formula is C17H23N3O3. The van der Waals surface area contributed by atoms with E-state index in [9.17, 15) is 9.90 Å². The number of benzene rings is 1. The molecule has 1 fully saturated rings. The summed E-state index contributed by atoms with van der Waals surface area (Å²) in [5.74, 6) is 1.07. The fraction of sp³-hybridized carbons (Fsp3) is 0.529. The highest BCUT2D eigenvalue weighted by Crippen LogP contribution is 2.26. The molecule has 0 spiro atoms. The summed E-state index contributed by atoms with van der Waals surface area (Å²) in [6.45, 7) is 4.17. The molecule has 3 rings (SSSR count). The van der Waals surface area contributed by atoms with E-state index >= 15 is 0 Å². The Kier molecular flexibility index (Phi) is 4.52. The standard InChI is InChI=1S/C17H23N3O3/c1-10(2)16-19-14-8-12(6-7-15(14)23-16)18-17(22)20-13-5-3-4-11(13)9-21/h6-8,10-11,13,21H,3-5,9H2,1-2H3,(H2,18,20,22)/t11-,13+/m0/s1. The van der Waals surface area contributed by atoms with E-state index in [1.54, 1.807) is 6.07 Å². The lowest BCUT2D eigenvalue weighted by molar-refractivity contribution is 0.203. The number of carbonyl (C=O) groups excluding carboxylic acids is 1. The maximum atomic E-state index is 12.1. The van der Waals surface area contributed by atoms with Crippen LogP contribution in [0.1, 0.15) is 44.9 Å². The molecule has 1 saturated carbocycles. The first kappa shape index (κ1) is 15.8. The Morgan fingerprint density at radius 1 is 1.43 bits per heavy atom. The van der Waals surface area contributed by atoms with Crippen molar-refractivity contribution in [1.82, 2.24) is 10.3 Å². The summed E-state index contributed by atoms with van der Waals surface area (Å²) >= 11 is 0. The second kappa shape index (κ2) is 6.58. The number of nitrogens with one attached hydrogen (secondary N) is 2. The third-order valence-corrected chi connectivity index (χ3v) is 4.37. The molecule has 0 bridgehead atoms. The van der Waals surface area contributed by atoms with Gasteiger partial charge in [0.1, 0.15) is 5.52 Å². The minimum atomic E-state index is -0.248. The zero-order chi connectivity index (χ0) is 16.4. The van der Waals surface area contributed by atoms with Crippen molar-refractivity contribution in [2.75, 3.05) is 11.9 Å². The zero-order valence-electron chi connectivity index (χ0n) is 13.5. The van der Waals surface area contributed by atoms with E-state index in [1.165, 1.54) is 0 Å². The van der Waals surface area contributed by atoms with Gasteiger partial charge in [-0.2, -0.15) is 0 Å². The van der Waals surface area contributed by atoms with E-state index in [0.717, 1.165) is 30.4 Å². The average molecular weight is 317 g/mol. The molecule has 2 aromatic rings. The molecule has 6 nitrogen and oxygen atoms in total. The largest absolute Gasteiger partial charge is 0.440 e. The number of urea groups is 1. The van der Waals surface area contributed by atoms with Crippen molar-refractivity contribution in [3.8, 4) is 0 Å². The van der Waals surface area contributed by atoms with Crippen molar-refractivity contribution in [2.45, 2.75) is 45.1 Å². The van der Waals surface area contributed by atoms with E-state index in [4.69, 9.17) is 4.42 Å². The number of rotatable bonds is 4. The molecule has 2 amide bonds. The number of carbonyl (C=O) groups is 1. The molecule has 3 N–H and O–H groups in total. The molecule has 23 heavy (non-hydrogen) atoms. The Balaban J connectivity index is 1.67. The number of anilines is 1. The van der Waals surface area contributed by atoms with Crippen LogP contribution in [0.25, 0.3) is 11.1 Å². The Hall–Kier alpha value is -2.08. The molecule has 1 aliphatic rings. The molecule has 0 radical (unpaired) electrons. The van der Waals surface area contributed by atoms with Crippen LogP contribution in [0.4, 0.5) is 10.5 Å². The summed E-state index contributed by atoms with van der Waals surface area (Å²) in [6.07, 6.45) is 2.92. The van der Waals surface area contributed by atoms with Crippen molar-refractivity contribution >= 4 is 22.8 Å². The van der Waals surface area contributed by atoms with Crippen LogP contribution in [-0.4, -0.2) is 28.8 Å². The summed E-state index contributed by atoms with van der Waals surface area (Å²) in [6, 6.07) is 5.22. The number of aliphatic hydroxyl groups excluding tert-OH is 1. The monoisotopic (exact) mass is 317 g/mol. The molecule has 1 aliphatic carbocycles. The lowest BCUT2D eigenvalue weighted by Gasteiger charge is -2.19. The minimum Gasteiger partial charge on any atom is -0.440 e. The highest BCUT2D eigenvalue weighted by atomic mass is 16.3. The number of hydrogen-bond donors (Lipinski definition) is 3. The van der Waals surface area contributed by atoms with Crippen LogP contribution in [0.5, 0.6) is 0 Å². The van der Waals surface area contributed by atoms with Crippen molar-refractivity contribution in [3.05, 3.63) is 24.1 Å². The maximum Gasteiger partial charge on any atom is 0.319 e. The quantitative estimate of drug-likeness (QED) is 0.808. The van der Waals surface area contributed by atoms with Gasteiger partial charge in [0, 0.05) is 30.2 Å². The van der Waals surface area contributed by atoms with Crippen molar-refractivity contribution in [3.63, 3.8) is 0 Å². The van der Waals surface area contributed by atoms with Gasteiger partial charge in [0.2, 0.25) is 0 Å². The van der Waals surface area contributed by atoms with Crippen LogP contribution in [0.2, 0.25) is 0 Å². The third kappa shape index (κ3) is 3.47. The van der Waals surface area contributed by atoms with E-state index < -0.39 is 0 Å². The van der Waals surface area contributed by atoms with Crippen molar-refractivity contribution < 1.29 is 14.3 Å². The number of oxazole rings is 1. The zero-order valence-corrected chi connectivity index (χ0v) is 13.5. The molecule has 0 unspecified atom stereocenters. The lowest BCUT2D eigenvalue weighted by atomic mass is 10.1. The number of hydrogen-bond acceptors (Lipinski definition) is 4. The van der Waals surface area contributed by atoms with Gasteiger partial charge in [-0.15, -0.1) is 0 Å². The van der Waals surface area contributed by atoms with Crippen LogP contribution in [0.3, 0.4) is 0 Å². The van der Waals surface area contributed by atoms with E-state index in [-0.39, 0.29) is 30.5 Å². The Morgan fingerprint density at radius 3 is 3.00 bits per heavy atom. The number of aromatic nitrogens is 1. The van der Waals surface area contributed by atoms with Gasteiger partial charge in [-0.25, -0.2) is 9.78 Å². The minimum absolute atomic E-state index is 0.0447. The summed E-state index contributed by atoms with van der Waals surface area (Å²) in [5, 5.41) is 15.1. The molecule has 0 saturated heterocycles. The van der Waals surface area contributed by atoms with Gasteiger partial charge in [-0.1, -0.05) is 20.3 Å². The number of amides is 2. The van der Waals surface area contributed by atoms with E-state index in [0.29, 0.717) is 11.6 Å².